The summed E-state index contributed by atoms with van der Waals surface area (Å²) in [6, 6.07) is 3.10. The predicted molar refractivity (Wildman–Crippen MR) is 118 cm³/mol. The summed E-state index contributed by atoms with van der Waals surface area (Å²) in [5, 5.41) is 12.6. The summed E-state index contributed by atoms with van der Waals surface area (Å²) >= 11 is 3.41. The van der Waals surface area contributed by atoms with Crippen molar-refractivity contribution in [2.45, 2.75) is 94.4 Å². The Morgan fingerprint density at radius 3 is 2.33 bits per heavy atom. The summed E-state index contributed by atoms with van der Waals surface area (Å²) in [4.78, 5) is 10.9. The van der Waals surface area contributed by atoms with Crippen molar-refractivity contribution >= 4 is 32.8 Å². The van der Waals surface area contributed by atoms with E-state index in [1.165, 1.54) is 6.20 Å². The molecule has 5 rings (SSSR count). The van der Waals surface area contributed by atoms with Gasteiger partial charge in [-0.25, -0.2) is 14.4 Å². The van der Waals surface area contributed by atoms with Crippen LogP contribution in [0.5, 0.6) is 0 Å². The Kier molecular flexibility index (Phi) is 6.02. The molecule has 2 aromatic heterocycles. The Balaban J connectivity index is 1.30. The fraction of sp³-hybridized carbons (Fsp3) is 0.682. The van der Waals surface area contributed by atoms with Crippen LogP contribution in [0.3, 0.4) is 0 Å². The molecule has 3 aliphatic rings. The molecule has 178 valence electrons. The fourth-order valence-electron chi connectivity index (χ4n) is 6.06. The van der Waals surface area contributed by atoms with Crippen LogP contribution in [0.2, 0.25) is 0 Å². The molecule has 1 aliphatic carbocycles. The lowest BCUT2D eigenvalue weighted by Gasteiger charge is -2.44. The van der Waals surface area contributed by atoms with Gasteiger partial charge in [0.1, 0.15) is 30.1 Å². The van der Waals surface area contributed by atoms with Crippen LogP contribution in [0, 0.1) is 11.3 Å². The van der Waals surface area contributed by atoms with E-state index in [0.717, 1.165) is 43.1 Å². The molecule has 6 nitrogen and oxygen atoms in total. The van der Waals surface area contributed by atoms with Gasteiger partial charge in [0.25, 0.3) is 0 Å². The molecule has 0 amide bonds. The maximum Gasteiger partial charge on any atom is 0.406 e. The number of hydrogen-bond acceptors (Lipinski definition) is 5. The summed E-state index contributed by atoms with van der Waals surface area (Å²) in [6.07, 6.45) is 3.59. The minimum absolute atomic E-state index is 0.147. The third-order valence-electron chi connectivity index (χ3n) is 7.35. The van der Waals surface area contributed by atoms with E-state index in [1.807, 2.05) is 0 Å². The van der Waals surface area contributed by atoms with Gasteiger partial charge in [-0.3, -0.25) is 4.90 Å². The van der Waals surface area contributed by atoms with E-state index in [1.54, 1.807) is 6.07 Å². The maximum atomic E-state index is 13.9. The van der Waals surface area contributed by atoms with Gasteiger partial charge in [0.15, 0.2) is 0 Å². The first-order valence-electron chi connectivity index (χ1n) is 11.4. The molecule has 2 aliphatic heterocycles. The van der Waals surface area contributed by atoms with E-state index in [-0.39, 0.29) is 22.9 Å². The highest BCUT2D eigenvalue weighted by Gasteiger charge is 2.44. The summed E-state index contributed by atoms with van der Waals surface area (Å²) < 4.78 is 54.5. The van der Waals surface area contributed by atoms with Crippen molar-refractivity contribution in [3.05, 3.63) is 16.5 Å². The Morgan fingerprint density at radius 2 is 1.73 bits per heavy atom. The van der Waals surface area contributed by atoms with Crippen LogP contribution >= 0.6 is 15.9 Å². The number of pyridine rings is 1. The topological polar surface area (TPSA) is 69.8 Å². The van der Waals surface area contributed by atoms with E-state index in [2.05, 4.69) is 36.1 Å². The van der Waals surface area contributed by atoms with Crippen molar-refractivity contribution in [1.29, 1.82) is 5.26 Å². The first-order chi connectivity index (χ1) is 15.7. The molecule has 2 bridgehead atoms. The number of nitriles is 1. The van der Waals surface area contributed by atoms with E-state index in [4.69, 9.17) is 0 Å². The molecule has 0 spiro atoms. The highest BCUT2D eigenvalue weighted by atomic mass is 79.9. The Hall–Kier alpha value is -1.93. The van der Waals surface area contributed by atoms with Gasteiger partial charge in [-0.1, -0.05) is 0 Å². The zero-order valence-electron chi connectivity index (χ0n) is 18.0. The van der Waals surface area contributed by atoms with Crippen LogP contribution in [-0.2, 0) is 6.54 Å². The largest absolute Gasteiger partial charge is 0.406 e. The Labute approximate surface area is 197 Å². The van der Waals surface area contributed by atoms with Gasteiger partial charge < -0.3 is 9.88 Å². The zero-order valence-corrected chi connectivity index (χ0v) is 19.5. The molecule has 11 heteroatoms. The van der Waals surface area contributed by atoms with Crippen LogP contribution in [0.15, 0.2) is 10.7 Å². The quantitative estimate of drug-likeness (QED) is 0.544. The second-order valence-corrected chi connectivity index (χ2v) is 10.2. The number of nitrogens with zero attached hydrogens (tertiary/aromatic N) is 5. The lowest BCUT2D eigenvalue weighted by molar-refractivity contribution is -0.140. The van der Waals surface area contributed by atoms with E-state index >= 15 is 0 Å². The predicted octanol–water partition coefficient (Wildman–Crippen LogP) is 5.32. The number of imidazole rings is 1. The number of hydrogen-bond donors (Lipinski definition) is 1. The van der Waals surface area contributed by atoms with Gasteiger partial charge in [0, 0.05) is 24.2 Å². The van der Waals surface area contributed by atoms with E-state index in [0.29, 0.717) is 41.3 Å². The molecule has 2 atom stereocenters. The number of fused-ring (bicyclic) bond motifs is 3. The second kappa shape index (κ2) is 8.69. The second-order valence-electron chi connectivity index (χ2n) is 9.45. The van der Waals surface area contributed by atoms with Crippen molar-refractivity contribution in [3.63, 3.8) is 0 Å². The van der Waals surface area contributed by atoms with Gasteiger partial charge in [0.2, 0.25) is 5.82 Å². The Morgan fingerprint density at radius 1 is 1.09 bits per heavy atom. The molecule has 0 unspecified atom stereocenters. The van der Waals surface area contributed by atoms with Crippen LogP contribution in [0.1, 0.15) is 57.2 Å². The van der Waals surface area contributed by atoms with Gasteiger partial charge in [0.05, 0.1) is 16.2 Å². The number of aromatic nitrogens is 3. The number of rotatable bonds is 4. The maximum absolute atomic E-state index is 13.9. The third-order valence-corrected chi connectivity index (χ3v) is 8.11. The molecule has 2 saturated heterocycles. The summed E-state index contributed by atoms with van der Waals surface area (Å²) in [7, 11) is 0. The van der Waals surface area contributed by atoms with Crippen LogP contribution in [0.4, 0.5) is 23.4 Å². The fourth-order valence-corrected chi connectivity index (χ4v) is 6.70. The summed E-state index contributed by atoms with van der Waals surface area (Å²) in [5.74, 6) is 0.159. The molecule has 0 radical (unpaired) electrons. The van der Waals surface area contributed by atoms with Crippen molar-refractivity contribution in [1.82, 2.24) is 19.4 Å². The van der Waals surface area contributed by atoms with Gasteiger partial charge in [-0.05, 0) is 67.3 Å². The first-order valence-corrected chi connectivity index (χ1v) is 12.2. The summed E-state index contributed by atoms with van der Waals surface area (Å²) in [6.45, 7) is -1.29. The lowest BCUT2D eigenvalue weighted by atomic mass is 9.87. The lowest BCUT2D eigenvalue weighted by Crippen LogP contribution is -2.51. The number of piperidine rings is 1. The monoisotopic (exact) mass is 528 g/mol. The van der Waals surface area contributed by atoms with E-state index < -0.39 is 18.9 Å². The highest BCUT2D eigenvalue weighted by molar-refractivity contribution is 9.10. The zero-order chi connectivity index (χ0) is 23.3. The average molecular weight is 529 g/mol. The van der Waals surface area contributed by atoms with Crippen molar-refractivity contribution in [3.8, 4) is 6.07 Å². The Bertz CT molecular complexity index is 1060. The third kappa shape index (κ3) is 4.44. The van der Waals surface area contributed by atoms with Gasteiger partial charge in [-0.15, -0.1) is 0 Å². The summed E-state index contributed by atoms with van der Waals surface area (Å²) in [5.41, 5.74) is 0.449. The van der Waals surface area contributed by atoms with Gasteiger partial charge in [-0.2, -0.15) is 18.4 Å². The molecule has 1 N–H and O–H groups in total. The van der Waals surface area contributed by atoms with Crippen LogP contribution < -0.4 is 5.32 Å². The molecule has 33 heavy (non-hydrogen) atoms. The first kappa shape index (κ1) is 22.8. The van der Waals surface area contributed by atoms with E-state index in [9.17, 15) is 22.8 Å². The van der Waals surface area contributed by atoms with Crippen molar-refractivity contribution in [2.75, 3.05) is 5.32 Å². The standard InChI is InChI=1S/C22H25BrF4N6/c23-19-20-17(31-18(9-28)32(20)11-22(25,26)27)10-29-21(19)30-13-1-3-14(4-2-13)33-15-5-6-16(33)8-12(24)7-15/h10,12-16H,1-8,11H2,(H,29,30)/t13?,14?,15-,16-/m1/s1. The molecular weight excluding hydrogens is 504 g/mol. The molecule has 4 heterocycles. The van der Waals surface area contributed by atoms with Gasteiger partial charge >= 0.3 is 6.18 Å². The minimum atomic E-state index is -4.48. The molecule has 3 fully saturated rings. The van der Waals surface area contributed by atoms with Crippen LogP contribution in [0.25, 0.3) is 11.0 Å². The number of nitrogens with one attached hydrogen (secondary N) is 1. The van der Waals surface area contributed by atoms with Crippen molar-refractivity contribution in [2.24, 2.45) is 0 Å². The number of alkyl halides is 4. The highest BCUT2D eigenvalue weighted by Crippen LogP contribution is 2.42. The number of anilines is 1. The normalized spacial score (nSPS) is 30.5. The average Bonchev–Trinajstić information content (AvgIpc) is 3.24. The molecule has 1 saturated carbocycles. The molecule has 0 aromatic carbocycles. The molecular formula is C22H25BrF4N6. The number of halogens is 5. The minimum Gasteiger partial charge on any atom is -0.366 e. The van der Waals surface area contributed by atoms with Crippen LogP contribution in [-0.4, -0.2) is 56.0 Å². The smallest absolute Gasteiger partial charge is 0.366 e. The SMILES string of the molecule is N#Cc1nc2cnc(NC3CCC(N4[C@@H]5CC[C@@H]4CC(F)C5)CC3)c(Br)c2n1CC(F)(F)F. The van der Waals surface area contributed by atoms with Crippen molar-refractivity contribution < 1.29 is 17.6 Å². The molecule has 2 aromatic rings.